The molecule has 29 heavy (non-hydrogen) atoms. The van der Waals surface area contributed by atoms with Crippen LogP contribution in [-0.2, 0) is 5.41 Å². The minimum absolute atomic E-state index is 0.0244. The van der Waals surface area contributed by atoms with Gasteiger partial charge in [0, 0.05) is 24.2 Å². The highest BCUT2D eigenvalue weighted by molar-refractivity contribution is 6.06. The van der Waals surface area contributed by atoms with Crippen molar-refractivity contribution in [3.63, 3.8) is 0 Å². The molecule has 0 bridgehead atoms. The Balaban J connectivity index is 1.63. The zero-order chi connectivity index (χ0) is 20.4. The first-order chi connectivity index (χ1) is 14.0. The number of aromatic nitrogens is 3. The lowest BCUT2D eigenvalue weighted by Gasteiger charge is -2.41. The van der Waals surface area contributed by atoms with E-state index in [2.05, 4.69) is 19.9 Å². The maximum Gasteiger partial charge on any atom is 0.284 e. The third kappa shape index (κ3) is 3.40. The van der Waals surface area contributed by atoms with Gasteiger partial charge in [-0.15, -0.1) is 0 Å². The molecular weight excluding hydrogens is 368 g/mol. The van der Waals surface area contributed by atoms with E-state index in [0.717, 1.165) is 36.0 Å². The second-order valence-corrected chi connectivity index (χ2v) is 7.06. The molecule has 0 unspecified atom stereocenters. The molecule has 0 saturated heterocycles. The summed E-state index contributed by atoms with van der Waals surface area (Å²) in [6, 6.07) is 10.9. The van der Waals surface area contributed by atoms with E-state index in [9.17, 15) is 9.59 Å². The van der Waals surface area contributed by atoms with Crippen LogP contribution in [0.4, 0.5) is 5.95 Å². The van der Waals surface area contributed by atoms with Gasteiger partial charge in [0.25, 0.3) is 11.5 Å². The van der Waals surface area contributed by atoms with Crippen molar-refractivity contribution in [2.24, 2.45) is 10.7 Å². The molecule has 1 aliphatic rings. The van der Waals surface area contributed by atoms with Gasteiger partial charge in [0.05, 0.1) is 5.41 Å². The average molecular weight is 388 g/mol. The standard InChI is InChI=1S/C21H20N6O2/c22-19(27-18(29)16-3-1-10-24-17(16)28)21(8-2-9-21)15-6-4-13(5-7-15)14-11-25-20(23)26-12-14/h1,3-7,10-12H,2,8-9H2,(H,24,28)(H2,22,27,29)(H2,23,25,26). The first-order valence-electron chi connectivity index (χ1n) is 9.25. The number of carbonyl (C=O) groups excluding carboxylic acids is 1. The summed E-state index contributed by atoms with van der Waals surface area (Å²) in [5, 5.41) is 0. The monoisotopic (exact) mass is 388 g/mol. The van der Waals surface area contributed by atoms with Crippen molar-refractivity contribution in [2.45, 2.75) is 24.7 Å². The number of hydrogen-bond donors (Lipinski definition) is 3. The fraction of sp³-hybridized carbons (Fsp3) is 0.190. The lowest BCUT2D eigenvalue weighted by Crippen LogP contribution is -2.47. The van der Waals surface area contributed by atoms with Gasteiger partial charge >= 0.3 is 0 Å². The van der Waals surface area contributed by atoms with Crippen molar-refractivity contribution in [3.8, 4) is 11.1 Å². The zero-order valence-corrected chi connectivity index (χ0v) is 15.6. The summed E-state index contributed by atoms with van der Waals surface area (Å²) < 4.78 is 0. The second kappa shape index (κ2) is 7.31. The molecule has 146 valence electrons. The molecule has 0 radical (unpaired) electrons. The van der Waals surface area contributed by atoms with Crippen molar-refractivity contribution < 1.29 is 4.79 Å². The van der Waals surface area contributed by atoms with Crippen molar-refractivity contribution in [2.75, 3.05) is 5.73 Å². The summed E-state index contributed by atoms with van der Waals surface area (Å²) in [6.07, 6.45) is 7.39. The number of amidine groups is 1. The van der Waals surface area contributed by atoms with Crippen molar-refractivity contribution in [1.82, 2.24) is 15.0 Å². The van der Waals surface area contributed by atoms with Gasteiger partial charge in [-0.3, -0.25) is 9.59 Å². The molecule has 3 aromatic rings. The summed E-state index contributed by atoms with van der Waals surface area (Å²) in [5.41, 5.74) is 13.6. The number of hydrogen-bond acceptors (Lipinski definition) is 5. The number of anilines is 1. The molecule has 1 aliphatic carbocycles. The molecule has 0 atom stereocenters. The van der Waals surface area contributed by atoms with Crippen LogP contribution in [0.1, 0.15) is 35.2 Å². The first-order valence-corrected chi connectivity index (χ1v) is 9.25. The van der Waals surface area contributed by atoms with Gasteiger partial charge in [-0.1, -0.05) is 30.7 Å². The van der Waals surface area contributed by atoms with E-state index in [4.69, 9.17) is 11.5 Å². The van der Waals surface area contributed by atoms with Crippen LogP contribution in [0.25, 0.3) is 11.1 Å². The van der Waals surface area contributed by atoms with Gasteiger partial charge in [-0.25, -0.2) is 9.97 Å². The van der Waals surface area contributed by atoms with Gasteiger partial charge in [-0.2, -0.15) is 4.99 Å². The molecule has 2 aromatic heterocycles. The molecule has 8 nitrogen and oxygen atoms in total. The average Bonchev–Trinajstić information content (AvgIpc) is 2.68. The number of aromatic amines is 1. The Morgan fingerprint density at radius 2 is 1.76 bits per heavy atom. The van der Waals surface area contributed by atoms with Crippen LogP contribution in [0.3, 0.4) is 0 Å². The van der Waals surface area contributed by atoms with Crippen molar-refractivity contribution in [3.05, 3.63) is 76.5 Å². The van der Waals surface area contributed by atoms with Crippen LogP contribution < -0.4 is 17.0 Å². The van der Waals surface area contributed by atoms with E-state index in [1.54, 1.807) is 18.5 Å². The number of benzene rings is 1. The summed E-state index contributed by atoms with van der Waals surface area (Å²) in [7, 11) is 0. The topological polar surface area (TPSA) is 140 Å². The SMILES string of the molecule is NC(=NC(=O)c1ccc[nH]c1=O)C1(c2ccc(-c3cnc(N)nc3)cc2)CCC1. The van der Waals surface area contributed by atoms with Gasteiger partial charge < -0.3 is 16.5 Å². The Bertz CT molecular complexity index is 1130. The Hall–Kier alpha value is -3.81. The van der Waals surface area contributed by atoms with Crippen LogP contribution >= 0.6 is 0 Å². The number of nitrogens with one attached hydrogen (secondary N) is 1. The quantitative estimate of drug-likeness (QED) is 0.461. The fourth-order valence-electron chi connectivity index (χ4n) is 3.56. The lowest BCUT2D eigenvalue weighted by atomic mass is 9.63. The molecule has 8 heteroatoms. The zero-order valence-electron chi connectivity index (χ0n) is 15.6. The van der Waals surface area contributed by atoms with Crippen LogP contribution in [0.2, 0.25) is 0 Å². The fourth-order valence-corrected chi connectivity index (χ4v) is 3.56. The predicted molar refractivity (Wildman–Crippen MR) is 110 cm³/mol. The first kappa shape index (κ1) is 18.5. The highest BCUT2D eigenvalue weighted by atomic mass is 16.2. The third-order valence-corrected chi connectivity index (χ3v) is 5.41. The number of H-pyrrole nitrogens is 1. The number of nitrogen functional groups attached to an aromatic ring is 1. The van der Waals surface area contributed by atoms with E-state index >= 15 is 0 Å². The molecule has 1 aromatic carbocycles. The van der Waals surface area contributed by atoms with E-state index in [1.807, 2.05) is 24.3 Å². The molecule has 0 spiro atoms. The summed E-state index contributed by atoms with van der Waals surface area (Å²) in [5.74, 6) is -0.170. The predicted octanol–water partition coefficient (Wildman–Crippen LogP) is 2.03. The Morgan fingerprint density at radius 3 is 2.34 bits per heavy atom. The molecule has 1 amide bonds. The maximum atomic E-state index is 12.4. The molecule has 1 fully saturated rings. The van der Waals surface area contributed by atoms with Crippen LogP contribution in [0.5, 0.6) is 0 Å². The number of rotatable bonds is 4. The summed E-state index contributed by atoms with van der Waals surface area (Å²) in [4.78, 5) is 38.9. The molecule has 2 heterocycles. The molecule has 5 N–H and O–H groups in total. The Labute approximate surface area is 166 Å². The van der Waals surface area contributed by atoms with E-state index < -0.39 is 16.9 Å². The van der Waals surface area contributed by atoms with Gasteiger partial charge in [0.2, 0.25) is 5.95 Å². The number of nitrogens with zero attached hydrogens (tertiary/aromatic N) is 3. The Kier molecular flexibility index (Phi) is 4.67. The molecule has 1 saturated carbocycles. The van der Waals surface area contributed by atoms with Gasteiger partial charge in [0.15, 0.2) is 0 Å². The third-order valence-electron chi connectivity index (χ3n) is 5.41. The normalized spacial score (nSPS) is 15.5. The number of aliphatic imine (C=N–C) groups is 1. The van der Waals surface area contributed by atoms with Gasteiger partial charge in [-0.05, 0) is 36.1 Å². The lowest BCUT2D eigenvalue weighted by molar-refractivity contribution is 0.0999. The van der Waals surface area contributed by atoms with E-state index in [0.29, 0.717) is 0 Å². The number of amides is 1. The highest BCUT2D eigenvalue weighted by Gasteiger charge is 2.42. The summed E-state index contributed by atoms with van der Waals surface area (Å²) >= 11 is 0. The smallest absolute Gasteiger partial charge is 0.284 e. The Morgan fingerprint density at radius 1 is 1.07 bits per heavy atom. The minimum atomic E-state index is -0.633. The highest BCUT2D eigenvalue weighted by Crippen LogP contribution is 2.44. The number of nitrogens with two attached hydrogens (primary N) is 2. The van der Waals surface area contributed by atoms with Crippen molar-refractivity contribution >= 4 is 17.7 Å². The van der Waals surface area contributed by atoms with E-state index in [-0.39, 0.29) is 17.3 Å². The van der Waals surface area contributed by atoms with Crippen LogP contribution in [0, 0.1) is 0 Å². The van der Waals surface area contributed by atoms with E-state index in [1.165, 1.54) is 12.3 Å². The van der Waals surface area contributed by atoms with Gasteiger partial charge in [0.1, 0.15) is 11.4 Å². The largest absolute Gasteiger partial charge is 0.386 e. The molecule has 0 aliphatic heterocycles. The van der Waals surface area contributed by atoms with Crippen molar-refractivity contribution in [1.29, 1.82) is 0 Å². The molecular formula is C21H20N6O2. The van der Waals surface area contributed by atoms with Crippen LogP contribution in [-0.4, -0.2) is 26.7 Å². The van der Waals surface area contributed by atoms with Crippen LogP contribution in [0.15, 0.2) is 64.8 Å². The maximum absolute atomic E-state index is 12.4. The minimum Gasteiger partial charge on any atom is -0.386 e. The number of carbonyl (C=O) groups is 1. The second-order valence-electron chi connectivity index (χ2n) is 7.06. The summed E-state index contributed by atoms with van der Waals surface area (Å²) in [6.45, 7) is 0. The number of pyridine rings is 1. The molecule has 4 rings (SSSR count).